The number of aromatic nitrogens is 2. The third kappa shape index (κ3) is 3.39. The monoisotopic (exact) mass is 211 g/mol. The fourth-order valence-electron chi connectivity index (χ4n) is 1.20. The predicted molar refractivity (Wildman–Crippen MR) is 55.9 cm³/mol. The topological polar surface area (TPSA) is 41.6 Å². The van der Waals surface area contributed by atoms with Gasteiger partial charge in [0, 0.05) is 12.7 Å². The van der Waals surface area contributed by atoms with Gasteiger partial charge in [-0.1, -0.05) is 11.6 Å². The molecule has 0 aromatic carbocycles. The third-order valence-electron chi connectivity index (χ3n) is 2.09. The van der Waals surface area contributed by atoms with Crippen LogP contribution < -0.4 is 0 Å². The van der Waals surface area contributed by atoms with Crippen LogP contribution in [0, 0.1) is 16.7 Å². The quantitative estimate of drug-likeness (QED) is 0.769. The van der Waals surface area contributed by atoms with Gasteiger partial charge in [0.25, 0.3) is 0 Å². The zero-order valence-electron chi connectivity index (χ0n) is 8.50. The second-order valence-electron chi connectivity index (χ2n) is 4.02. The SMILES string of the molecule is CC(C)(C#N)CCCn1cc(Cl)cn1. The van der Waals surface area contributed by atoms with Gasteiger partial charge in [0.1, 0.15) is 0 Å². The van der Waals surface area contributed by atoms with E-state index in [-0.39, 0.29) is 5.41 Å². The van der Waals surface area contributed by atoms with E-state index in [9.17, 15) is 0 Å². The van der Waals surface area contributed by atoms with Crippen molar-refractivity contribution in [2.24, 2.45) is 5.41 Å². The van der Waals surface area contributed by atoms with Crippen LogP contribution in [0.4, 0.5) is 0 Å². The number of nitrogens with zero attached hydrogens (tertiary/aromatic N) is 3. The minimum atomic E-state index is -0.239. The molecule has 14 heavy (non-hydrogen) atoms. The Bertz CT molecular complexity index is 335. The molecule has 0 unspecified atom stereocenters. The summed E-state index contributed by atoms with van der Waals surface area (Å²) in [6.07, 6.45) is 5.23. The number of nitriles is 1. The Morgan fingerprint density at radius 3 is 2.86 bits per heavy atom. The Balaban J connectivity index is 2.33. The molecule has 0 bridgehead atoms. The van der Waals surface area contributed by atoms with Crippen molar-refractivity contribution in [3.63, 3.8) is 0 Å². The molecule has 1 rings (SSSR count). The largest absolute Gasteiger partial charge is 0.271 e. The molecule has 0 fully saturated rings. The van der Waals surface area contributed by atoms with Crippen LogP contribution in [0.5, 0.6) is 0 Å². The molecule has 0 radical (unpaired) electrons. The van der Waals surface area contributed by atoms with E-state index in [0.717, 1.165) is 19.4 Å². The van der Waals surface area contributed by atoms with E-state index in [2.05, 4.69) is 11.2 Å². The van der Waals surface area contributed by atoms with Crippen LogP contribution in [-0.2, 0) is 6.54 Å². The zero-order valence-corrected chi connectivity index (χ0v) is 9.25. The third-order valence-corrected chi connectivity index (χ3v) is 2.29. The molecule has 0 aliphatic rings. The summed E-state index contributed by atoms with van der Waals surface area (Å²) in [6, 6.07) is 2.28. The molecule has 0 aliphatic carbocycles. The molecule has 1 aromatic heterocycles. The molecule has 0 spiro atoms. The van der Waals surface area contributed by atoms with Gasteiger partial charge in [0.05, 0.1) is 22.7 Å². The standard InChI is InChI=1S/C10H14ClN3/c1-10(2,8-12)4-3-5-14-7-9(11)6-13-14/h6-7H,3-5H2,1-2H3. The summed E-state index contributed by atoms with van der Waals surface area (Å²) in [5.74, 6) is 0. The minimum absolute atomic E-state index is 0.239. The van der Waals surface area contributed by atoms with Crippen LogP contribution in [0.2, 0.25) is 5.02 Å². The molecule has 0 saturated heterocycles. The molecule has 4 heteroatoms. The van der Waals surface area contributed by atoms with Crippen LogP contribution in [0.1, 0.15) is 26.7 Å². The Hall–Kier alpha value is -1.01. The molecular weight excluding hydrogens is 198 g/mol. The van der Waals surface area contributed by atoms with E-state index in [1.54, 1.807) is 17.1 Å². The molecular formula is C10H14ClN3. The van der Waals surface area contributed by atoms with Crippen molar-refractivity contribution in [1.29, 1.82) is 5.26 Å². The van der Waals surface area contributed by atoms with Gasteiger partial charge in [-0.2, -0.15) is 10.4 Å². The van der Waals surface area contributed by atoms with E-state index >= 15 is 0 Å². The van der Waals surface area contributed by atoms with Gasteiger partial charge in [-0.3, -0.25) is 4.68 Å². The maximum Gasteiger partial charge on any atom is 0.0785 e. The van der Waals surface area contributed by atoms with Crippen molar-refractivity contribution in [1.82, 2.24) is 9.78 Å². The van der Waals surface area contributed by atoms with E-state index in [1.807, 2.05) is 13.8 Å². The van der Waals surface area contributed by atoms with Crippen LogP contribution in [-0.4, -0.2) is 9.78 Å². The maximum atomic E-state index is 8.80. The fourth-order valence-corrected chi connectivity index (χ4v) is 1.36. The lowest BCUT2D eigenvalue weighted by molar-refractivity contribution is 0.407. The number of hydrogen-bond donors (Lipinski definition) is 0. The van der Waals surface area contributed by atoms with Gasteiger partial charge < -0.3 is 0 Å². The lowest BCUT2D eigenvalue weighted by Crippen LogP contribution is -2.09. The van der Waals surface area contributed by atoms with Crippen molar-refractivity contribution in [3.8, 4) is 6.07 Å². The zero-order chi connectivity index (χ0) is 10.6. The highest BCUT2D eigenvalue weighted by molar-refractivity contribution is 6.30. The number of halogens is 1. The highest BCUT2D eigenvalue weighted by atomic mass is 35.5. The van der Waals surface area contributed by atoms with Crippen molar-refractivity contribution in [3.05, 3.63) is 17.4 Å². The summed E-state index contributed by atoms with van der Waals surface area (Å²) in [6.45, 7) is 4.71. The Morgan fingerprint density at radius 2 is 2.36 bits per heavy atom. The van der Waals surface area contributed by atoms with Gasteiger partial charge in [0.2, 0.25) is 0 Å². The Morgan fingerprint density at radius 1 is 1.64 bits per heavy atom. The molecule has 0 saturated carbocycles. The summed E-state index contributed by atoms with van der Waals surface area (Å²) in [5, 5.41) is 13.5. The van der Waals surface area contributed by atoms with Crippen LogP contribution >= 0.6 is 11.6 Å². The molecule has 76 valence electrons. The first kappa shape index (κ1) is 11.1. The summed E-state index contributed by atoms with van der Waals surface area (Å²) in [4.78, 5) is 0. The lowest BCUT2D eigenvalue weighted by atomic mass is 9.90. The first-order valence-electron chi connectivity index (χ1n) is 4.63. The molecule has 3 nitrogen and oxygen atoms in total. The van der Waals surface area contributed by atoms with Crippen LogP contribution in [0.15, 0.2) is 12.4 Å². The van der Waals surface area contributed by atoms with Gasteiger partial charge in [-0.15, -0.1) is 0 Å². The molecule has 0 amide bonds. The first-order valence-corrected chi connectivity index (χ1v) is 5.00. The van der Waals surface area contributed by atoms with Gasteiger partial charge in [-0.05, 0) is 26.7 Å². The normalized spacial score (nSPS) is 11.3. The van der Waals surface area contributed by atoms with E-state index < -0.39 is 0 Å². The smallest absolute Gasteiger partial charge is 0.0785 e. The molecule has 0 atom stereocenters. The molecule has 0 aliphatic heterocycles. The molecule has 1 heterocycles. The van der Waals surface area contributed by atoms with Crippen LogP contribution in [0.25, 0.3) is 0 Å². The Labute approximate surface area is 89.3 Å². The maximum absolute atomic E-state index is 8.80. The Kier molecular flexibility index (Phi) is 3.54. The first-order chi connectivity index (χ1) is 6.53. The van der Waals surface area contributed by atoms with Gasteiger partial charge in [0.15, 0.2) is 0 Å². The summed E-state index contributed by atoms with van der Waals surface area (Å²) >= 11 is 5.72. The highest BCUT2D eigenvalue weighted by Crippen LogP contribution is 2.21. The van der Waals surface area contributed by atoms with E-state index in [1.165, 1.54) is 0 Å². The highest BCUT2D eigenvalue weighted by Gasteiger charge is 2.15. The summed E-state index contributed by atoms with van der Waals surface area (Å²) in [5.41, 5.74) is -0.239. The van der Waals surface area contributed by atoms with E-state index in [0.29, 0.717) is 5.02 Å². The molecule has 1 aromatic rings. The minimum Gasteiger partial charge on any atom is -0.271 e. The average Bonchev–Trinajstić information content (AvgIpc) is 2.51. The van der Waals surface area contributed by atoms with Crippen LogP contribution in [0.3, 0.4) is 0 Å². The number of aryl methyl sites for hydroxylation is 1. The molecule has 0 N–H and O–H groups in total. The second kappa shape index (κ2) is 4.47. The predicted octanol–water partition coefficient (Wildman–Crippen LogP) is 2.87. The van der Waals surface area contributed by atoms with E-state index in [4.69, 9.17) is 16.9 Å². The van der Waals surface area contributed by atoms with Crippen molar-refractivity contribution in [2.45, 2.75) is 33.2 Å². The number of rotatable bonds is 4. The second-order valence-corrected chi connectivity index (χ2v) is 4.46. The summed E-state index contributed by atoms with van der Waals surface area (Å²) < 4.78 is 1.80. The lowest BCUT2D eigenvalue weighted by Gasteiger charge is -2.14. The van der Waals surface area contributed by atoms with Crippen molar-refractivity contribution >= 4 is 11.6 Å². The van der Waals surface area contributed by atoms with Gasteiger partial charge >= 0.3 is 0 Å². The van der Waals surface area contributed by atoms with Crippen molar-refractivity contribution < 1.29 is 0 Å². The number of hydrogen-bond acceptors (Lipinski definition) is 2. The average molecular weight is 212 g/mol. The fraction of sp³-hybridized carbons (Fsp3) is 0.600. The van der Waals surface area contributed by atoms with Gasteiger partial charge in [-0.25, -0.2) is 0 Å². The summed E-state index contributed by atoms with van der Waals surface area (Å²) in [7, 11) is 0. The van der Waals surface area contributed by atoms with Crippen molar-refractivity contribution in [2.75, 3.05) is 0 Å².